The zero-order valence-corrected chi connectivity index (χ0v) is 18.1. The van der Waals surface area contributed by atoms with Crippen molar-refractivity contribution in [3.05, 3.63) is 95.7 Å². The number of anilines is 1. The first kappa shape index (κ1) is 20.1. The summed E-state index contributed by atoms with van der Waals surface area (Å²) in [4.78, 5) is 17.0. The van der Waals surface area contributed by atoms with E-state index in [-0.39, 0.29) is 5.91 Å². The number of nitrogens with zero attached hydrogens (tertiary/aromatic N) is 1. The van der Waals surface area contributed by atoms with Gasteiger partial charge in [-0.25, -0.2) is 4.98 Å². The highest BCUT2D eigenvalue weighted by molar-refractivity contribution is 6.07. The van der Waals surface area contributed by atoms with Crippen LogP contribution < -0.4 is 14.8 Å². The molecule has 0 bridgehead atoms. The molecule has 5 heteroatoms. The summed E-state index contributed by atoms with van der Waals surface area (Å²) in [5.41, 5.74) is 3.98. The van der Waals surface area contributed by atoms with Crippen LogP contribution in [-0.2, 0) is 23.4 Å². The quantitative estimate of drug-likeness (QED) is 0.436. The fourth-order valence-corrected chi connectivity index (χ4v) is 3.93. The average molecular weight is 425 g/mol. The van der Waals surface area contributed by atoms with Crippen molar-refractivity contribution in [1.29, 1.82) is 0 Å². The van der Waals surface area contributed by atoms with Gasteiger partial charge in [0.05, 0.1) is 22.3 Å². The molecule has 0 saturated heterocycles. The maximum atomic E-state index is 12.3. The highest BCUT2D eigenvalue weighted by Gasteiger charge is 2.39. The van der Waals surface area contributed by atoms with Crippen LogP contribution in [0.5, 0.6) is 11.5 Å². The van der Waals surface area contributed by atoms with Gasteiger partial charge >= 0.3 is 0 Å². The Morgan fingerprint density at radius 1 is 0.875 bits per heavy atom. The van der Waals surface area contributed by atoms with E-state index < -0.39 is 5.41 Å². The van der Waals surface area contributed by atoms with Gasteiger partial charge in [-0.05, 0) is 55.3 Å². The van der Waals surface area contributed by atoms with Gasteiger partial charge in [-0.3, -0.25) is 4.79 Å². The fourth-order valence-electron chi connectivity index (χ4n) is 3.93. The molecule has 1 amide bonds. The standard InChI is InChI=1S/C27H24N2O3/c1-27(2)22-10-6-12-24(25(22)29-26(27)30)32-16-18-7-5-9-21(15-18)31-17-20-14-13-19-8-3-4-11-23(19)28-20/h3-15H,16-17H2,1-2H3,(H,29,30). The maximum absolute atomic E-state index is 12.3. The minimum absolute atomic E-state index is 0.0127. The van der Waals surface area contributed by atoms with Gasteiger partial charge in [0.15, 0.2) is 0 Å². The number of hydrogen-bond donors (Lipinski definition) is 1. The van der Waals surface area contributed by atoms with Crippen molar-refractivity contribution in [2.75, 3.05) is 5.32 Å². The van der Waals surface area contributed by atoms with Crippen molar-refractivity contribution in [3.8, 4) is 11.5 Å². The molecule has 2 heterocycles. The van der Waals surface area contributed by atoms with Gasteiger partial charge in [0, 0.05) is 5.39 Å². The first-order valence-electron chi connectivity index (χ1n) is 10.6. The number of para-hydroxylation sites is 2. The second kappa shape index (κ2) is 8.00. The molecule has 5 nitrogen and oxygen atoms in total. The minimum atomic E-state index is -0.556. The number of hydrogen-bond acceptors (Lipinski definition) is 4. The molecule has 5 rings (SSSR count). The molecule has 0 saturated carbocycles. The zero-order chi connectivity index (χ0) is 22.1. The molecular weight excluding hydrogens is 400 g/mol. The van der Waals surface area contributed by atoms with Crippen molar-refractivity contribution in [3.63, 3.8) is 0 Å². The molecule has 1 N–H and O–H groups in total. The molecule has 3 aromatic carbocycles. The number of amides is 1. The lowest BCUT2D eigenvalue weighted by molar-refractivity contribution is -0.119. The van der Waals surface area contributed by atoms with Crippen LogP contribution in [0.25, 0.3) is 10.9 Å². The Labute approximate surface area is 187 Å². The van der Waals surface area contributed by atoms with Crippen LogP contribution >= 0.6 is 0 Å². The van der Waals surface area contributed by atoms with Gasteiger partial charge in [-0.15, -0.1) is 0 Å². The Morgan fingerprint density at radius 3 is 2.62 bits per heavy atom. The fraction of sp³-hybridized carbons (Fsp3) is 0.185. The molecule has 0 spiro atoms. The topological polar surface area (TPSA) is 60.5 Å². The third kappa shape index (κ3) is 3.78. The number of fused-ring (bicyclic) bond motifs is 2. The lowest BCUT2D eigenvalue weighted by atomic mass is 9.86. The first-order valence-corrected chi connectivity index (χ1v) is 10.6. The predicted molar refractivity (Wildman–Crippen MR) is 125 cm³/mol. The van der Waals surface area contributed by atoms with E-state index >= 15 is 0 Å². The molecule has 1 aliphatic heterocycles. The summed E-state index contributed by atoms with van der Waals surface area (Å²) in [5, 5.41) is 4.07. The molecule has 0 atom stereocenters. The molecule has 4 aromatic rings. The molecule has 32 heavy (non-hydrogen) atoms. The number of aromatic nitrogens is 1. The van der Waals surface area contributed by atoms with Gasteiger partial charge in [-0.2, -0.15) is 0 Å². The third-order valence-electron chi connectivity index (χ3n) is 5.84. The van der Waals surface area contributed by atoms with Gasteiger partial charge < -0.3 is 14.8 Å². The van der Waals surface area contributed by atoms with Crippen LogP contribution in [0.1, 0.15) is 30.7 Å². The molecule has 1 aliphatic rings. The second-order valence-corrected chi connectivity index (χ2v) is 8.48. The van der Waals surface area contributed by atoms with E-state index in [2.05, 4.69) is 16.4 Å². The normalized spacial score (nSPS) is 14.1. The van der Waals surface area contributed by atoms with E-state index in [1.807, 2.05) is 86.6 Å². The number of carbonyl (C=O) groups excluding carboxylic acids is 1. The number of benzene rings is 3. The van der Waals surface area contributed by atoms with Gasteiger partial charge in [0.25, 0.3) is 0 Å². The molecule has 160 valence electrons. The molecule has 0 unspecified atom stereocenters. The molecule has 0 aliphatic carbocycles. The molecular formula is C27H24N2O3. The number of nitrogens with one attached hydrogen (secondary N) is 1. The Morgan fingerprint density at radius 2 is 1.72 bits per heavy atom. The lowest BCUT2D eigenvalue weighted by Gasteiger charge is -2.15. The number of rotatable bonds is 6. The van der Waals surface area contributed by atoms with Gasteiger partial charge in [-0.1, -0.05) is 48.5 Å². The minimum Gasteiger partial charge on any atom is -0.487 e. The Bertz CT molecular complexity index is 1310. The van der Waals surface area contributed by atoms with Crippen molar-refractivity contribution in [2.45, 2.75) is 32.5 Å². The Balaban J connectivity index is 1.26. The van der Waals surface area contributed by atoms with E-state index in [1.165, 1.54) is 0 Å². The summed E-state index contributed by atoms with van der Waals surface area (Å²) in [6.07, 6.45) is 0. The SMILES string of the molecule is CC1(C)C(=O)Nc2c(OCc3cccc(OCc4ccc5ccccc5n4)c3)cccc21. The van der Waals surface area contributed by atoms with Gasteiger partial charge in [0.2, 0.25) is 5.91 Å². The number of carbonyl (C=O) groups is 1. The summed E-state index contributed by atoms with van der Waals surface area (Å²) in [6.45, 7) is 4.60. The second-order valence-electron chi connectivity index (χ2n) is 8.48. The van der Waals surface area contributed by atoms with Crippen molar-refractivity contribution in [1.82, 2.24) is 4.98 Å². The highest BCUT2D eigenvalue weighted by atomic mass is 16.5. The monoisotopic (exact) mass is 424 g/mol. The van der Waals surface area contributed by atoms with Crippen molar-refractivity contribution >= 4 is 22.5 Å². The summed E-state index contributed by atoms with van der Waals surface area (Å²) in [5.74, 6) is 1.42. The Kier molecular flexibility index (Phi) is 5.02. The lowest BCUT2D eigenvalue weighted by Crippen LogP contribution is -2.26. The van der Waals surface area contributed by atoms with E-state index in [1.54, 1.807) is 0 Å². The van der Waals surface area contributed by atoms with Gasteiger partial charge in [0.1, 0.15) is 24.7 Å². The summed E-state index contributed by atoms with van der Waals surface area (Å²) in [6, 6.07) is 25.7. The summed E-state index contributed by atoms with van der Waals surface area (Å²) >= 11 is 0. The van der Waals surface area contributed by atoms with Crippen molar-refractivity contribution in [2.24, 2.45) is 0 Å². The number of ether oxygens (including phenoxy) is 2. The third-order valence-corrected chi connectivity index (χ3v) is 5.84. The van der Waals surface area contributed by atoms with E-state index in [0.29, 0.717) is 19.0 Å². The van der Waals surface area contributed by atoms with E-state index in [0.717, 1.165) is 39.2 Å². The Hall–Kier alpha value is -3.86. The smallest absolute Gasteiger partial charge is 0.234 e. The first-order chi connectivity index (χ1) is 15.5. The molecule has 0 radical (unpaired) electrons. The summed E-state index contributed by atoms with van der Waals surface area (Å²) in [7, 11) is 0. The van der Waals surface area contributed by atoms with Crippen LogP contribution in [0.3, 0.4) is 0 Å². The maximum Gasteiger partial charge on any atom is 0.234 e. The zero-order valence-electron chi connectivity index (χ0n) is 18.1. The van der Waals surface area contributed by atoms with E-state index in [4.69, 9.17) is 9.47 Å². The average Bonchev–Trinajstić information content (AvgIpc) is 3.05. The highest BCUT2D eigenvalue weighted by Crippen LogP contribution is 2.42. The largest absolute Gasteiger partial charge is 0.487 e. The predicted octanol–water partition coefficient (Wildman–Crippen LogP) is 5.62. The summed E-state index contributed by atoms with van der Waals surface area (Å²) < 4.78 is 12.0. The van der Waals surface area contributed by atoms with Crippen molar-refractivity contribution < 1.29 is 14.3 Å². The molecule has 0 fully saturated rings. The van der Waals surface area contributed by atoms with E-state index in [9.17, 15) is 4.79 Å². The number of pyridine rings is 1. The van der Waals surface area contributed by atoms with Crippen LogP contribution in [0.4, 0.5) is 5.69 Å². The molecule has 1 aromatic heterocycles. The van der Waals surface area contributed by atoms with Crippen LogP contribution in [0, 0.1) is 0 Å². The van der Waals surface area contributed by atoms with Crippen LogP contribution in [0.2, 0.25) is 0 Å². The van der Waals surface area contributed by atoms with Crippen LogP contribution in [-0.4, -0.2) is 10.9 Å². The van der Waals surface area contributed by atoms with Crippen LogP contribution in [0.15, 0.2) is 78.9 Å².